The Bertz CT molecular complexity index is 700. The second-order valence-electron chi connectivity index (χ2n) is 5.04. The molecule has 0 aliphatic heterocycles. The van der Waals surface area contributed by atoms with E-state index in [4.69, 9.17) is 0 Å². The maximum absolute atomic E-state index is 12.0. The standard InChI is InChI=1S/C17H20N4O2/c1-12-5-3-6-13(11-12)16(22)20-10-9-19-15-8-4-7-14(21-15)17(23)18-2/h3-8,11H,9-10H2,1-2H3,(H,18,23)(H,19,21)(H,20,22). The van der Waals surface area contributed by atoms with Crippen molar-refractivity contribution in [3.63, 3.8) is 0 Å². The summed E-state index contributed by atoms with van der Waals surface area (Å²) in [6.45, 7) is 2.92. The number of anilines is 1. The Morgan fingerprint density at radius 3 is 2.57 bits per heavy atom. The zero-order chi connectivity index (χ0) is 16.7. The summed E-state index contributed by atoms with van der Waals surface area (Å²) in [5.41, 5.74) is 2.04. The Labute approximate surface area is 135 Å². The zero-order valence-electron chi connectivity index (χ0n) is 13.2. The minimum Gasteiger partial charge on any atom is -0.368 e. The highest BCUT2D eigenvalue weighted by atomic mass is 16.2. The molecular weight excluding hydrogens is 292 g/mol. The molecule has 6 nitrogen and oxygen atoms in total. The van der Waals surface area contributed by atoms with Crippen LogP contribution < -0.4 is 16.0 Å². The van der Waals surface area contributed by atoms with Crippen LogP contribution >= 0.6 is 0 Å². The SMILES string of the molecule is CNC(=O)c1cccc(NCCNC(=O)c2cccc(C)c2)n1. The summed E-state index contributed by atoms with van der Waals surface area (Å²) in [6, 6.07) is 12.6. The number of amides is 2. The quantitative estimate of drug-likeness (QED) is 0.707. The molecule has 0 spiro atoms. The van der Waals surface area contributed by atoms with Crippen molar-refractivity contribution in [3.8, 4) is 0 Å². The van der Waals surface area contributed by atoms with Crippen molar-refractivity contribution in [2.24, 2.45) is 0 Å². The van der Waals surface area contributed by atoms with Gasteiger partial charge in [0.15, 0.2) is 0 Å². The van der Waals surface area contributed by atoms with E-state index in [1.807, 2.05) is 25.1 Å². The van der Waals surface area contributed by atoms with Gasteiger partial charge in [-0.05, 0) is 31.2 Å². The lowest BCUT2D eigenvalue weighted by molar-refractivity contribution is 0.0949. The molecule has 6 heteroatoms. The van der Waals surface area contributed by atoms with E-state index in [1.54, 1.807) is 31.3 Å². The molecule has 0 aliphatic rings. The minimum atomic E-state index is -0.235. The second kappa shape index (κ2) is 7.93. The highest BCUT2D eigenvalue weighted by Gasteiger charge is 2.06. The number of hydrogen-bond donors (Lipinski definition) is 3. The number of aryl methyl sites for hydroxylation is 1. The highest BCUT2D eigenvalue weighted by molar-refractivity contribution is 5.94. The van der Waals surface area contributed by atoms with E-state index < -0.39 is 0 Å². The average Bonchev–Trinajstić information content (AvgIpc) is 2.58. The van der Waals surface area contributed by atoms with Gasteiger partial charge in [0.2, 0.25) is 0 Å². The maximum Gasteiger partial charge on any atom is 0.269 e. The van der Waals surface area contributed by atoms with Gasteiger partial charge in [-0.2, -0.15) is 0 Å². The van der Waals surface area contributed by atoms with Gasteiger partial charge in [-0.1, -0.05) is 23.8 Å². The number of carbonyl (C=O) groups is 2. The first-order valence-corrected chi connectivity index (χ1v) is 7.38. The summed E-state index contributed by atoms with van der Waals surface area (Å²) < 4.78 is 0. The van der Waals surface area contributed by atoms with Crippen LogP contribution in [0.15, 0.2) is 42.5 Å². The monoisotopic (exact) mass is 312 g/mol. The summed E-state index contributed by atoms with van der Waals surface area (Å²) in [6.07, 6.45) is 0. The average molecular weight is 312 g/mol. The third-order valence-electron chi connectivity index (χ3n) is 3.21. The summed E-state index contributed by atoms with van der Waals surface area (Å²) in [5, 5.41) is 8.44. The number of aromatic nitrogens is 1. The fourth-order valence-corrected chi connectivity index (χ4v) is 2.04. The molecule has 0 saturated heterocycles. The third-order valence-corrected chi connectivity index (χ3v) is 3.21. The Balaban J connectivity index is 1.81. The van der Waals surface area contributed by atoms with E-state index in [0.29, 0.717) is 30.2 Å². The molecule has 2 aromatic rings. The summed E-state index contributed by atoms with van der Waals surface area (Å²) in [4.78, 5) is 27.7. The predicted octanol–water partition coefficient (Wildman–Crippen LogP) is 1.59. The zero-order valence-corrected chi connectivity index (χ0v) is 13.2. The van der Waals surface area contributed by atoms with E-state index >= 15 is 0 Å². The largest absolute Gasteiger partial charge is 0.368 e. The van der Waals surface area contributed by atoms with Gasteiger partial charge in [-0.25, -0.2) is 4.98 Å². The smallest absolute Gasteiger partial charge is 0.269 e. The summed E-state index contributed by atoms with van der Waals surface area (Å²) in [5.74, 6) is 0.250. The number of nitrogens with zero attached hydrogens (tertiary/aromatic N) is 1. The molecule has 0 unspecified atom stereocenters. The van der Waals surface area contributed by atoms with Gasteiger partial charge in [-0.15, -0.1) is 0 Å². The predicted molar refractivity (Wildman–Crippen MR) is 89.6 cm³/mol. The van der Waals surface area contributed by atoms with Crippen molar-refractivity contribution in [1.82, 2.24) is 15.6 Å². The number of rotatable bonds is 6. The molecule has 0 aliphatic carbocycles. The van der Waals surface area contributed by atoms with Gasteiger partial charge in [0.1, 0.15) is 11.5 Å². The van der Waals surface area contributed by atoms with Crippen molar-refractivity contribution < 1.29 is 9.59 Å². The van der Waals surface area contributed by atoms with Gasteiger partial charge in [0.25, 0.3) is 11.8 Å². The molecule has 0 fully saturated rings. The summed E-state index contributed by atoms with van der Waals surface area (Å²) in [7, 11) is 1.56. The normalized spacial score (nSPS) is 10.0. The number of pyridine rings is 1. The first-order chi connectivity index (χ1) is 11.1. The van der Waals surface area contributed by atoms with Crippen molar-refractivity contribution in [1.29, 1.82) is 0 Å². The molecule has 1 aromatic carbocycles. The van der Waals surface area contributed by atoms with Crippen LogP contribution in [0.2, 0.25) is 0 Å². The lowest BCUT2D eigenvalue weighted by atomic mass is 10.1. The van der Waals surface area contributed by atoms with Crippen LogP contribution in [0, 0.1) is 6.92 Å². The molecule has 0 atom stereocenters. The minimum absolute atomic E-state index is 0.109. The molecule has 2 amide bonds. The molecular formula is C17H20N4O2. The lowest BCUT2D eigenvalue weighted by Crippen LogP contribution is -2.29. The molecule has 3 N–H and O–H groups in total. The molecule has 120 valence electrons. The van der Waals surface area contributed by atoms with Gasteiger partial charge in [0.05, 0.1) is 0 Å². The molecule has 0 bridgehead atoms. The van der Waals surface area contributed by atoms with Gasteiger partial charge in [0, 0.05) is 25.7 Å². The topological polar surface area (TPSA) is 83.1 Å². The first-order valence-electron chi connectivity index (χ1n) is 7.38. The molecule has 0 saturated carbocycles. The number of carbonyl (C=O) groups excluding carboxylic acids is 2. The first kappa shape index (κ1) is 16.5. The van der Waals surface area contributed by atoms with Gasteiger partial charge in [-0.3, -0.25) is 9.59 Å². The Kier molecular flexibility index (Phi) is 5.68. The van der Waals surface area contributed by atoms with E-state index in [2.05, 4.69) is 20.9 Å². The van der Waals surface area contributed by atoms with E-state index in [9.17, 15) is 9.59 Å². The van der Waals surface area contributed by atoms with Crippen molar-refractivity contribution in [2.45, 2.75) is 6.92 Å². The van der Waals surface area contributed by atoms with Crippen LogP contribution in [0.5, 0.6) is 0 Å². The van der Waals surface area contributed by atoms with E-state index in [-0.39, 0.29) is 11.8 Å². The molecule has 1 aromatic heterocycles. The van der Waals surface area contributed by atoms with E-state index in [1.165, 1.54) is 0 Å². The second-order valence-corrected chi connectivity index (χ2v) is 5.04. The highest BCUT2D eigenvalue weighted by Crippen LogP contribution is 2.05. The fraction of sp³-hybridized carbons (Fsp3) is 0.235. The van der Waals surface area contributed by atoms with Crippen molar-refractivity contribution >= 4 is 17.6 Å². The Hall–Kier alpha value is -2.89. The van der Waals surface area contributed by atoms with Crippen molar-refractivity contribution in [3.05, 3.63) is 59.3 Å². The van der Waals surface area contributed by atoms with E-state index in [0.717, 1.165) is 5.56 Å². The molecule has 1 heterocycles. The molecule has 0 radical (unpaired) electrons. The van der Waals surface area contributed by atoms with Crippen LogP contribution in [-0.2, 0) is 0 Å². The Morgan fingerprint density at radius 1 is 1.04 bits per heavy atom. The Morgan fingerprint density at radius 2 is 1.83 bits per heavy atom. The third kappa shape index (κ3) is 4.81. The summed E-state index contributed by atoms with van der Waals surface area (Å²) >= 11 is 0. The van der Waals surface area contributed by atoms with Crippen LogP contribution in [0.1, 0.15) is 26.4 Å². The van der Waals surface area contributed by atoms with Crippen LogP contribution in [0.4, 0.5) is 5.82 Å². The van der Waals surface area contributed by atoms with Crippen LogP contribution in [0.3, 0.4) is 0 Å². The fourth-order valence-electron chi connectivity index (χ4n) is 2.04. The van der Waals surface area contributed by atoms with Crippen molar-refractivity contribution in [2.75, 3.05) is 25.5 Å². The van der Waals surface area contributed by atoms with Gasteiger partial charge >= 0.3 is 0 Å². The molecule has 23 heavy (non-hydrogen) atoms. The maximum atomic E-state index is 12.0. The number of benzene rings is 1. The van der Waals surface area contributed by atoms with Crippen LogP contribution in [0.25, 0.3) is 0 Å². The molecule has 2 rings (SSSR count). The van der Waals surface area contributed by atoms with Crippen LogP contribution in [-0.4, -0.2) is 36.9 Å². The lowest BCUT2D eigenvalue weighted by Gasteiger charge is -2.08. The van der Waals surface area contributed by atoms with Gasteiger partial charge < -0.3 is 16.0 Å². The number of nitrogens with one attached hydrogen (secondary N) is 3. The number of hydrogen-bond acceptors (Lipinski definition) is 4.